The van der Waals surface area contributed by atoms with E-state index in [-0.39, 0.29) is 43.6 Å². The predicted molar refractivity (Wildman–Crippen MR) is 207 cm³/mol. The maximum Gasteiger partial charge on any atom is 0.259 e. The Bertz CT molecular complexity index is 2100. The first-order valence-corrected chi connectivity index (χ1v) is 21.1. The molecule has 290 valence electrons. The van der Waals surface area contributed by atoms with E-state index in [9.17, 15) is 22.8 Å². The van der Waals surface area contributed by atoms with Crippen molar-refractivity contribution in [2.75, 3.05) is 13.7 Å². The van der Waals surface area contributed by atoms with Gasteiger partial charge in [0.05, 0.1) is 36.2 Å². The van der Waals surface area contributed by atoms with Crippen molar-refractivity contribution in [1.29, 1.82) is 0 Å². The number of hydrogen-bond donors (Lipinski definition) is 3. The van der Waals surface area contributed by atoms with Gasteiger partial charge in [0.2, 0.25) is 21.8 Å². The number of nitrogens with zero attached hydrogens (tertiary/aromatic N) is 3. The molecule has 0 unspecified atom stereocenters. The number of halogens is 1. The Kier molecular flexibility index (Phi) is 10.7. The van der Waals surface area contributed by atoms with Gasteiger partial charge in [0.15, 0.2) is 0 Å². The van der Waals surface area contributed by atoms with Gasteiger partial charge in [0, 0.05) is 40.7 Å². The van der Waals surface area contributed by atoms with Crippen LogP contribution < -0.4 is 25.2 Å². The Labute approximate surface area is 325 Å². The average Bonchev–Trinajstić information content (AvgIpc) is 4.09. The van der Waals surface area contributed by atoms with E-state index in [2.05, 4.69) is 15.4 Å². The summed E-state index contributed by atoms with van der Waals surface area (Å²) in [5.74, 6) is -0.306. The highest BCUT2D eigenvalue weighted by Crippen LogP contribution is 2.46. The highest BCUT2D eigenvalue weighted by Gasteiger charge is 2.62. The van der Waals surface area contributed by atoms with E-state index in [1.807, 2.05) is 37.3 Å². The maximum absolute atomic E-state index is 14.3. The van der Waals surface area contributed by atoms with Crippen molar-refractivity contribution in [2.24, 2.45) is 11.7 Å². The average molecular weight is 799 g/mol. The summed E-state index contributed by atoms with van der Waals surface area (Å²) in [5, 5.41) is 5.94. The first kappa shape index (κ1) is 38.5. The summed E-state index contributed by atoms with van der Waals surface area (Å²) in [6.45, 7) is 2.04. The van der Waals surface area contributed by atoms with Crippen molar-refractivity contribution in [1.82, 2.24) is 24.9 Å². The number of methoxy groups -OCH3 is 1. The summed E-state index contributed by atoms with van der Waals surface area (Å²) >= 11 is 1.54. The van der Waals surface area contributed by atoms with Crippen LogP contribution in [0.4, 0.5) is 0 Å². The molecule has 5 atom stereocenters. The lowest BCUT2D eigenvalue weighted by Gasteiger charge is -2.28. The Balaban J connectivity index is 0.00000450. The monoisotopic (exact) mass is 798 g/mol. The molecule has 2 aliphatic heterocycles. The molecule has 4 N–H and O–H groups in total. The highest BCUT2D eigenvalue weighted by atomic mass is 35.5. The van der Waals surface area contributed by atoms with Crippen LogP contribution in [0.15, 0.2) is 35.7 Å². The van der Waals surface area contributed by atoms with E-state index in [0.717, 1.165) is 60.2 Å². The van der Waals surface area contributed by atoms with Gasteiger partial charge in [-0.3, -0.25) is 19.1 Å². The first-order chi connectivity index (χ1) is 25.5. The minimum Gasteiger partial charge on any atom is -0.496 e. The van der Waals surface area contributed by atoms with Gasteiger partial charge in [-0.05, 0) is 70.4 Å². The minimum atomic E-state index is -3.85. The van der Waals surface area contributed by atoms with Crippen molar-refractivity contribution in [3.63, 3.8) is 0 Å². The lowest BCUT2D eigenvalue weighted by Crippen LogP contribution is -2.57. The Morgan fingerprint density at radius 3 is 2.63 bits per heavy atom. The molecular formula is C38H47ClN6O7S2. The number of aryl methyl sites for hydroxylation is 1. The summed E-state index contributed by atoms with van der Waals surface area (Å²) in [5.41, 5.74) is 8.30. The quantitative estimate of drug-likeness (QED) is 0.271. The van der Waals surface area contributed by atoms with Gasteiger partial charge in [0.1, 0.15) is 39.9 Å². The molecule has 16 heteroatoms. The molecule has 3 aromatic rings. The van der Waals surface area contributed by atoms with Gasteiger partial charge in [-0.1, -0.05) is 25.0 Å². The molecule has 0 spiro atoms. The maximum atomic E-state index is 14.3. The molecule has 3 amide bonds. The Hall–Kier alpha value is -3.79. The second-order valence-corrected chi connectivity index (χ2v) is 18.1. The molecule has 4 fully saturated rings. The van der Waals surface area contributed by atoms with Crippen molar-refractivity contribution in [2.45, 2.75) is 112 Å². The van der Waals surface area contributed by atoms with Crippen LogP contribution in [0, 0.1) is 12.8 Å². The van der Waals surface area contributed by atoms with Crippen LogP contribution in [0.2, 0.25) is 0 Å². The third kappa shape index (κ3) is 7.56. The van der Waals surface area contributed by atoms with Gasteiger partial charge in [-0.2, -0.15) is 0 Å². The zero-order chi connectivity index (χ0) is 37.1. The smallest absolute Gasteiger partial charge is 0.259 e. The highest BCUT2D eigenvalue weighted by molar-refractivity contribution is 7.91. The van der Waals surface area contributed by atoms with Crippen LogP contribution in [0.5, 0.6) is 11.5 Å². The molecule has 0 radical (unpaired) electrons. The SMILES string of the molecule is COc1ccc2c(O[C@@H]3C[C@H]4C(=O)N[C@]5(C(=O)NS(=O)(=O)C6CC6)C[C@H]5C=CCCCCC[C@H](N)C(=O)N4C3)cc(-c3nc(C4CC4)cs3)nc2c1C.Cl. The number of pyridine rings is 1. The number of allylic oxidation sites excluding steroid dienone is 1. The number of nitrogens with two attached hydrogens (primary N) is 1. The number of thiazole rings is 1. The van der Waals surface area contributed by atoms with E-state index in [1.165, 1.54) is 16.2 Å². The largest absolute Gasteiger partial charge is 0.496 e. The second kappa shape index (κ2) is 15.0. The molecule has 0 bridgehead atoms. The topological polar surface area (TPSA) is 183 Å². The summed E-state index contributed by atoms with van der Waals surface area (Å²) in [6, 6.07) is 3.82. The summed E-state index contributed by atoms with van der Waals surface area (Å²) < 4.78 is 40.2. The number of amides is 3. The van der Waals surface area contributed by atoms with Crippen molar-refractivity contribution >= 4 is 62.4 Å². The van der Waals surface area contributed by atoms with Crippen LogP contribution in [0.25, 0.3) is 21.6 Å². The van der Waals surface area contributed by atoms with Gasteiger partial charge in [-0.25, -0.2) is 18.4 Å². The fourth-order valence-corrected chi connectivity index (χ4v) is 9.92. The van der Waals surface area contributed by atoms with Gasteiger partial charge in [0.25, 0.3) is 5.91 Å². The van der Waals surface area contributed by atoms with Crippen LogP contribution in [0.3, 0.4) is 0 Å². The number of sulfonamides is 1. The Morgan fingerprint density at radius 1 is 1.09 bits per heavy atom. The second-order valence-electron chi connectivity index (χ2n) is 15.2. The van der Waals surface area contributed by atoms with Crippen LogP contribution in [0.1, 0.15) is 87.8 Å². The molecule has 13 nitrogen and oxygen atoms in total. The molecule has 4 heterocycles. The Morgan fingerprint density at radius 2 is 1.89 bits per heavy atom. The van der Waals surface area contributed by atoms with Crippen molar-refractivity contribution in [3.8, 4) is 22.2 Å². The molecule has 1 saturated heterocycles. The number of aromatic nitrogens is 2. The summed E-state index contributed by atoms with van der Waals surface area (Å²) in [7, 11) is -2.23. The molecule has 8 rings (SSSR count). The van der Waals surface area contributed by atoms with Crippen molar-refractivity contribution in [3.05, 3.63) is 47.0 Å². The molecule has 54 heavy (non-hydrogen) atoms. The van der Waals surface area contributed by atoms with Crippen LogP contribution in [-0.2, 0) is 24.4 Å². The fraction of sp³-hybridized carbons (Fsp3) is 0.553. The number of benzene rings is 1. The van der Waals surface area contributed by atoms with E-state index in [4.69, 9.17) is 25.2 Å². The lowest BCUT2D eigenvalue weighted by molar-refractivity contribution is -0.140. The van der Waals surface area contributed by atoms with Gasteiger partial charge in [-0.15, -0.1) is 23.7 Å². The van der Waals surface area contributed by atoms with Crippen molar-refractivity contribution < 1.29 is 32.3 Å². The third-order valence-electron chi connectivity index (χ3n) is 11.3. The molecule has 1 aromatic carbocycles. The van der Waals surface area contributed by atoms with E-state index in [0.29, 0.717) is 47.9 Å². The standard InChI is InChI=1S/C38H46N6O7S2.ClH/c1-21-31(50-2)15-14-26-32(17-28(40-33(21)26)35-41-29(20-52-35)22-10-11-22)51-24-16-30-34(45)42-38(37(47)43-53(48,49)25-12-13-25)18-23(38)8-6-4-3-5-7-9-27(39)36(46)44(30)19-24;/h6,8,14-15,17,20,22-25,27,30H,3-5,7,9-13,16,18-19,39H2,1-2H3,(H,42,45)(H,43,47);1H/t23-,24-,27+,30+,38-;/m1./s1. The molecule has 3 saturated carbocycles. The van der Waals surface area contributed by atoms with E-state index in [1.54, 1.807) is 7.11 Å². The molecular weight excluding hydrogens is 752 g/mol. The number of ether oxygens (including phenoxy) is 2. The zero-order valence-corrected chi connectivity index (χ0v) is 32.9. The first-order valence-electron chi connectivity index (χ1n) is 18.7. The predicted octanol–water partition coefficient (Wildman–Crippen LogP) is 4.65. The normalized spacial score (nSPS) is 27.5. The van der Waals surface area contributed by atoms with Crippen LogP contribution >= 0.6 is 23.7 Å². The zero-order valence-electron chi connectivity index (χ0n) is 30.4. The summed E-state index contributed by atoms with van der Waals surface area (Å²) in [6.07, 6.45) is 10.7. The minimum absolute atomic E-state index is 0. The summed E-state index contributed by atoms with van der Waals surface area (Å²) in [4.78, 5) is 53.3. The number of rotatable bonds is 8. The van der Waals surface area contributed by atoms with E-state index < -0.39 is 50.8 Å². The molecule has 3 aliphatic carbocycles. The van der Waals surface area contributed by atoms with E-state index >= 15 is 0 Å². The van der Waals surface area contributed by atoms with Gasteiger partial charge >= 0.3 is 0 Å². The van der Waals surface area contributed by atoms with Crippen LogP contribution in [-0.4, -0.2) is 83.6 Å². The third-order valence-corrected chi connectivity index (χ3v) is 14.0. The molecule has 5 aliphatic rings. The number of nitrogens with one attached hydrogen (secondary N) is 2. The fourth-order valence-electron chi connectivity index (χ4n) is 7.70. The van der Waals surface area contributed by atoms with Gasteiger partial charge < -0.3 is 25.4 Å². The molecule has 2 aromatic heterocycles. The number of hydrogen-bond acceptors (Lipinski definition) is 11. The number of carbonyl (C=O) groups is 3. The number of fused-ring (bicyclic) bond motifs is 3. The lowest BCUT2D eigenvalue weighted by atomic mass is 10.1. The number of carbonyl (C=O) groups excluding carboxylic acids is 3.